The fraction of sp³-hybridized carbons (Fsp3) is 0.455. The summed E-state index contributed by atoms with van der Waals surface area (Å²) in [5, 5.41) is 4.19. The maximum atomic E-state index is 5.59. The van der Waals surface area contributed by atoms with Crippen molar-refractivity contribution >= 4 is 0 Å². The second kappa shape index (κ2) is 4.83. The molecule has 2 aromatic rings. The van der Waals surface area contributed by atoms with Crippen LogP contribution in [-0.4, -0.2) is 19.3 Å². The number of rotatable bonds is 5. The molecule has 0 unspecified atom stereocenters. The van der Waals surface area contributed by atoms with E-state index < -0.39 is 0 Å². The maximum Gasteiger partial charge on any atom is 0.157 e. The molecule has 0 saturated heterocycles. The van der Waals surface area contributed by atoms with Crippen LogP contribution in [0.15, 0.2) is 24.8 Å². The van der Waals surface area contributed by atoms with Gasteiger partial charge in [0.2, 0.25) is 0 Å². The Balaban J connectivity index is 1.92. The second-order valence-electron chi connectivity index (χ2n) is 3.68. The van der Waals surface area contributed by atoms with Gasteiger partial charge in [-0.25, -0.2) is 4.98 Å². The minimum Gasteiger partial charge on any atom is -0.482 e. The molecule has 0 aliphatic heterocycles. The normalized spacial score (nSPS) is 10.6. The van der Waals surface area contributed by atoms with Crippen molar-refractivity contribution in [2.75, 3.05) is 0 Å². The summed E-state index contributed by atoms with van der Waals surface area (Å²) in [6.07, 6.45) is 8.38. The molecular weight excluding hydrogens is 204 g/mol. The van der Waals surface area contributed by atoms with E-state index in [0.29, 0.717) is 6.61 Å². The van der Waals surface area contributed by atoms with Crippen LogP contribution in [0.25, 0.3) is 0 Å². The van der Waals surface area contributed by atoms with Crippen LogP contribution in [0.4, 0.5) is 0 Å². The van der Waals surface area contributed by atoms with Gasteiger partial charge in [0.25, 0.3) is 0 Å². The Hall–Kier alpha value is -1.78. The zero-order valence-corrected chi connectivity index (χ0v) is 9.63. The van der Waals surface area contributed by atoms with E-state index in [-0.39, 0.29) is 0 Å². The van der Waals surface area contributed by atoms with E-state index in [1.807, 2.05) is 28.7 Å². The predicted octanol–water partition coefficient (Wildman–Crippen LogP) is 1.61. The van der Waals surface area contributed by atoms with Gasteiger partial charge in [0.15, 0.2) is 5.75 Å². The first-order chi connectivity index (χ1) is 7.79. The average molecular weight is 220 g/mol. The third-order valence-corrected chi connectivity index (χ3v) is 2.35. The summed E-state index contributed by atoms with van der Waals surface area (Å²) >= 11 is 0. The number of aromatic nitrogens is 4. The average Bonchev–Trinajstić information content (AvgIpc) is 2.86. The highest BCUT2D eigenvalue weighted by Crippen LogP contribution is 2.10. The summed E-state index contributed by atoms with van der Waals surface area (Å²) < 4.78 is 9.42. The van der Waals surface area contributed by atoms with Crippen molar-refractivity contribution < 1.29 is 4.74 Å². The van der Waals surface area contributed by atoms with Gasteiger partial charge in [0.1, 0.15) is 12.4 Å². The molecule has 5 heteroatoms. The van der Waals surface area contributed by atoms with Crippen LogP contribution in [0, 0.1) is 0 Å². The Labute approximate surface area is 94.7 Å². The standard InChI is InChI=1S/C11H16N4O/c1-3-5-15-8-10(7-13-15)16-9-11-12-4-6-14(11)2/h4,6-8H,3,5,9H2,1-2H3. The fourth-order valence-electron chi connectivity index (χ4n) is 1.45. The molecule has 0 amide bonds. The van der Waals surface area contributed by atoms with E-state index in [2.05, 4.69) is 17.0 Å². The monoisotopic (exact) mass is 220 g/mol. The van der Waals surface area contributed by atoms with Crippen LogP contribution in [0.2, 0.25) is 0 Å². The summed E-state index contributed by atoms with van der Waals surface area (Å²) in [5.74, 6) is 1.69. The van der Waals surface area contributed by atoms with Crippen LogP contribution in [-0.2, 0) is 20.2 Å². The summed E-state index contributed by atoms with van der Waals surface area (Å²) in [7, 11) is 1.95. The molecule has 5 nitrogen and oxygen atoms in total. The molecule has 0 aromatic carbocycles. The highest BCUT2D eigenvalue weighted by atomic mass is 16.5. The van der Waals surface area contributed by atoms with Gasteiger partial charge in [0.05, 0.1) is 12.4 Å². The topological polar surface area (TPSA) is 44.9 Å². The molecule has 0 aliphatic carbocycles. The number of nitrogens with zero attached hydrogens (tertiary/aromatic N) is 4. The van der Waals surface area contributed by atoms with Crippen molar-refractivity contribution in [1.29, 1.82) is 0 Å². The molecule has 2 aromatic heterocycles. The van der Waals surface area contributed by atoms with Gasteiger partial charge < -0.3 is 9.30 Å². The molecule has 0 aliphatic rings. The summed E-state index contributed by atoms with van der Waals surface area (Å²) in [4.78, 5) is 4.18. The third kappa shape index (κ3) is 2.42. The van der Waals surface area contributed by atoms with E-state index in [9.17, 15) is 0 Å². The van der Waals surface area contributed by atoms with Crippen molar-refractivity contribution in [2.45, 2.75) is 26.5 Å². The first-order valence-electron chi connectivity index (χ1n) is 5.41. The van der Waals surface area contributed by atoms with Gasteiger partial charge in [-0.2, -0.15) is 5.10 Å². The zero-order valence-electron chi connectivity index (χ0n) is 9.63. The summed E-state index contributed by atoms with van der Waals surface area (Å²) in [5.41, 5.74) is 0. The minimum absolute atomic E-state index is 0.474. The van der Waals surface area contributed by atoms with E-state index >= 15 is 0 Å². The van der Waals surface area contributed by atoms with E-state index in [1.165, 1.54) is 0 Å². The molecule has 86 valence electrons. The Morgan fingerprint density at radius 3 is 3.00 bits per heavy atom. The fourth-order valence-corrected chi connectivity index (χ4v) is 1.45. The van der Waals surface area contributed by atoms with Crippen molar-refractivity contribution in [3.8, 4) is 5.75 Å². The van der Waals surface area contributed by atoms with Crippen molar-refractivity contribution in [2.24, 2.45) is 7.05 Å². The molecule has 0 atom stereocenters. The van der Waals surface area contributed by atoms with Gasteiger partial charge >= 0.3 is 0 Å². The van der Waals surface area contributed by atoms with E-state index in [0.717, 1.165) is 24.5 Å². The largest absolute Gasteiger partial charge is 0.482 e. The van der Waals surface area contributed by atoms with Gasteiger partial charge in [0, 0.05) is 26.0 Å². The minimum atomic E-state index is 0.474. The quantitative estimate of drug-likeness (QED) is 0.769. The molecule has 0 fully saturated rings. The Morgan fingerprint density at radius 2 is 2.31 bits per heavy atom. The SMILES string of the molecule is CCCn1cc(OCc2nccn2C)cn1. The number of ether oxygens (including phenoxy) is 1. The summed E-state index contributed by atoms with van der Waals surface area (Å²) in [6.45, 7) is 3.52. The highest BCUT2D eigenvalue weighted by Gasteiger charge is 2.02. The smallest absolute Gasteiger partial charge is 0.157 e. The molecule has 0 radical (unpaired) electrons. The number of hydrogen-bond acceptors (Lipinski definition) is 3. The lowest BCUT2D eigenvalue weighted by atomic mass is 10.5. The van der Waals surface area contributed by atoms with Crippen LogP contribution in [0.5, 0.6) is 5.75 Å². The molecule has 2 rings (SSSR count). The van der Waals surface area contributed by atoms with Crippen LogP contribution in [0.3, 0.4) is 0 Å². The first kappa shape index (κ1) is 10.7. The van der Waals surface area contributed by atoms with E-state index in [1.54, 1.807) is 12.4 Å². The number of imidazole rings is 1. The van der Waals surface area contributed by atoms with Gasteiger partial charge in [-0.15, -0.1) is 0 Å². The van der Waals surface area contributed by atoms with Gasteiger partial charge in [-0.05, 0) is 6.42 Å². The van der Waals surface area contributed by atoms with Crippen molar-refractivity contribution in [1.82, 2.24) is 19.3 Å². The number of aryl methyl sites for hydroxylation is 2. The highest BCUT2D eigenvalue weighted by molar-refractivity contribution is 5.12. The molecule has 16 heavy (non-hydrogen) atoms. The maximum absolute atomic E-state index is 5.59. The number of hydrogen-bond donors (Lipinski definition) is 0. The van der Waals surface area contributed by atoms with Gasteiger partial charge in [-0.1, -0.05) is 6.92 Å². The predicted molar refractivity (Wildman–Crippen MR) is 60.1 cm³/mol. The van der Waals surface area contributed by atoms with Crippen LogP contribution in [0.1, 0.15) is 19.2 Å². The van der Waals surface area contributed by atoms with E-state index in [4.69, 9.17) is 4.74 Å². The second-order valence-corrected chi connectivity index (χ2v) is 3.68. The molecule has 0 N–H and O–H groups in total. The molecular formula is C11H16N4O. The summed E-state index contributed by atoms with van der Waals surface area (Å²) in [6, 6.07) is 0. The molecule has 0 saturated carbocycles. The molecule has 0 bridgehead atoms. The van der Waals surface area contributed by atoms with Gasteiger partial charge in [-0.3, -0.25) is 4.68 Å². The Morgan fingerprint density at radius 1 is 1.44 bits per heavy atom. The lowest BCUT2D eigenvalue weighted by Crippen LogP contribution is -2.02. The molecule has 2 heterocycles. The van der Waals surface area contributed by atoms with Crippen LogP contribution >= 0.6 is 0 Å². The zero-order chi connectivity index (χ0) is 11.4. The molecule has 0 spiro atoms. The first-order valence-corrected chi connectivity index (χ1v) is 5.41. The van der Waals surface area contributed by atoms with Crippen LogP contribution < -0.4 is 4.74 Å². The van der Waals surface area contributed by atoms with Crippen molar-refractivity contribution in [3.63, 3.8) is 0 Å². The van der Waals surface area contributed by atoms with Crippen molar-refractivity contribution in [3.05, 3.63) is 30.6 Å². The lowest BCUT2D eigenvalue weighted by Gasteiger charge is -2.02. The lowest BCUT2D eigenvalue weighted by molar-refractivity contribution is 0.291. The Kier molecular flexibility index (Phi) is 3.24. The Bertz CT molecular complexity index is 446. The third-order valence-electron chi connectivity index (χ3n) is 2.35.